The second-order valence-electron chi connectivity index (χ2n) is 6.31. The molecule has 0 fully saturated rings. The van der Waals surface area contributed by atoms with Crippen LogP contribution in [-0.4, -0.2) is 37.4 Å². The molecule has 5 nitrogen and oxygen atoms in total. The highest BCUT2D eigenvalue weighted by Gasteiger charge is 2.16. The molecule has 2 aromatic carbocycles. The van der Waals surface area contributed by atoms with Crippen molar-refractivity contribution in [1.29, 1.82) is 0 Å². The van der Waals surface area contributed by atoms with Gasteiger partial charge in [-0.15, -0.1) is 0 Å². The summed E-state index contributed by atoms with van der Waals surface area (Å²) in [4.78, 5) is 25.6. The van der Waals surface area contributed by atoms with Crippen LogP contribution in [0.4, 0.5) is 0 Å². The number of carbonyl (C=O) groups is 2. The molecule has 0 aliphatic heterocycles. The molecule has 132 valence electrons. The predicted octanol–water partition coefficient (Wildman–Crippen LogP) is 2.36. The highest BCUT2D eigenvalue weighted by atomic mass is 16.2. The van der Waals surface area contributed by atoms with Crippen LogP contribution in [0.3, 0.4) is 0 Å². The Balaban J connectivity index is 2.06. The van der Waals surface area contributed by atoms with Crippen LogP contribution < -0.4 is 10.6 Å². The minimum Gasteiger partial charge on any atom is -0.352 e. The van der Waals surface area contributed by atoms with E-state index >= 15 is 0 Å². The number of carbonyl (C=O) groups excluding carboxylic acids is 2. The predicted molar refractivity (Wildman–Crippen MR) is 99.2 cm³/mol. The number of benzene rings is 2. The number of hydrogen-bond donors (Lipinski definition) is 2. The molecule has 0 aliphatic rings. The molecule has 0 aromatic heterocycles. The van der Waals surface area contributed by atoms with E-state index in [0.717, 1.165) is 17.7 Å². The minimum atomic E-state index is -0.109. The van der Waals surface area contributed by atoms with Gasteiger partial charge in [-0.1, -0.05) is 42.5 Å². The van der Waals surface area contributed by atoms with E-state index in [1.807, 2.05) is 56.6 Å². The van der Waals surface area contributed by atoms with Crippen molar-refractivity contribution in [3.8, 4) is 0 Å². The molecular formula is C20H25N3O2. The summed E-state index contributed by atoms with van der Waals surface area (Å²) in [7, 11) is 3.97. The number of amides is 2. The molecule has 5 heteroatoms. The van der Waals surface area contributed by atoms with Crippen molar-refractivity contribution in [3.05, 3.63) is 71.3 Å². The van der Waals surface area contributed by atoms with Gasteiger partial charge in [0.05, 0.1) is 6.04 Å². The van der Waals surface area contributed by atoms with Crippen molar-refractivity contribution in [1.82, 2.24) is 15.5 Å². The molecule has 2 rings (SSSR count). The van der Waals surface area contributed by atoms with Gasteiger partial charge in [-0.25, -0.2) is 0 Å². The first-order chi connectivity index (χ1) is 12.0. The third kappa shape index (κ3) is 6.04. The molecule has 0 bridgehead atoms. The molecule has 2 N–H and O–H groups in total. The van der Waals surface area contributed by atoms with E-state index in [2.05, 4.69) is 15.5 Å². The lowest BCUT2D eigenvalue weighted by molar-refractivity contribution is -0.119. The molecule has 0 unspecified atom stereocenters. The Morgan fingerprint density at radius 2 is 1.64 bits per heavy atom. The Hall–Kier alpha value is -2.66. The number of nitrogens with zero attached hydrogens (tertiary/aromatic N) is 1. The monoisotopic (exact) mass is 339 g/mol. The van der Waals surface area contributed by atoms with Gasteiger partial charge >= 0.3 is 0 Å². The smallest absolute Gasteiger partial charge is 0.251 e. The van der Waals surface area contributed by atoms with Crippen molar-refractivity contribution in [2.45, 2.75) is 19.5 Å². The summed E-state index contributed by atoms with van der Waals surface area (Å²) in [6, 6.07) is 17.1. The van der Waals surface area contributed by atoms with E-state index in [9.17, 15) is 9.59 Å². The van der Waals surface area contributed by atoms with Crippen LogP contribution in [0.25, 0.3) is 0 Å². The van der Waals surface area contributed by atoms with Crippen LogP contribution in [0.2, 0.25) is 0 Å². The van der Waals surface area contributed by atoms with E-state index in [1.54, 1.807) is 12.1 Å². The van der Waals surface area contributed by atoms with Gasteiger partial charge in [0.15, 0.2) is 0 Å². The minimum absolute atomic E-state index is 0.0730. The van der Waals surface area contributed by atoms with Gasteiger partial charge in [0.1, 0.15) is 0 Å². The van der Waals surface area contributed by atoms with E-state index in [0.29, 0.717) is 12.1 Å². The van der Waals surface area contributed by atoms with E-state index < -0.39 is 0 Å². The summed E-state index contributed by atoms with van der Waals surface area (Å²) in [6.45, 7) is 2.66. The molecule has 2 aromatic rings. The normalized spacial score (nSPS) is 11.8. The van der Waals surface area contributed by atoms with Crippen molar-refractivity contribution in [3.63, 3.8) is 0 Å². The SMILES string of the molecule is CC(=O)NCc1ccc(C(=O)N[C@H](CN(C)C)c2ccccc2)cc1. The third-order valence-corrected chi connectivity index (χ3v) is 3.81. The largest absolute Gasteiger partial charge is 0.352 e. The average molecular weight is 339 g/mol. The van der Waals surface area contributed by atoms with Crippen molar-refractivity contribution in [2.75, 3.05) is 20.6 Å². The fraction of sp³-hybridized carbons (Fsp3) is 0.300. The van der Waals surface area contributed by atoms with Crippen molar-refractivity contribution < 1.29 is 9.59 Å². The van der Waals surface area contributed by atoms with Crippen LogP contribution in [0.5, 0.6) is 0 Å². The number of rotatable bonds is 7. The van der Waals surface area contributed by atoms with Gasteiger partial charge in [-0.2, -0.15) is 0 Å². The molecule has 0 aliphatic carbocycles. The van der Waals surface area contributed by atoms with Crippen molar-refractivity contribution >= 4 is 11.8 Å². The van der Waals surface area contributed by atoms with Crippen LogP contribution >= 0.6 is 0 Å². The molecule has 0 saturated heterocycles. The number of hydrogen-bond acceptors (Lipinski definition) is 3. The lowest BCUT2D eigenvalue weighted by Gasteiger charge is -2.23. The maximum Gasteiger partial charge on any atom is 0.251 e. The highest BCUT2D eigenvalue weighted by Crippen LogP contribution is 2.15. The zero-order chi connectivity index (χ0) is 18.2. The van der Waals surface area contributed by atoms with Crippen molar-refractivity contribution in [2.24, 2.45) is 0 Å². The molecule has 0 heterocycles. The summed E-state index contributed by atoms with van der Waals surface area (Å²) in [5.41, 5.74) is 2.64. The third-order valence-electron chi connectivity index (χ3n) is 3.81. The maximum absolute atomic E-state index is 12.6. The first-order valence-electron chi connectivity index (χ1n) is 8.29. The van der Waals surface area contributed by atoms with Gasteiger partial charge in [0.2, 0.25) is 5.91 Å². The molecule has 0 radical (unpaired) electrons. The summed E-state index contributed by atoms with van der Waals surface area (Å²) in [5, 5.41) is 5.84. The molecule has 1 atom stereocenters. The summed E-state index contributed by atoms with van der Waals surface area (Å²) in [5.74, 6) is -0.182. The quantitative estimate of drug-likeness (QED) is 0.814. The molecular weight excluding hydrogens is 314 g/mol. The van der Waals surface area contributed by atoms with Gasteiger partial charge in [-0.3, -0.25) is 9.59 Å². The second-order valence-corrected chi connectivity index (χ2v) is 6.31. The van der Waals surface area contributed by atoms with E-state index in [-0.39, 0.29) is 17.9 Å². The van der Waals surface area contributed by atoms with E-state index in [1.165, 1.54) is 6.92 Å². The van der Waals surface area contributed by atoms with Gasteiger partial charge in [0, 0.05) is 25.6 Å². The van der Waals surface area contributed by atoms with Gasteiger partial charge in [-0.05, 0) is 37.4 Å². The lowest BCUT2D eigenvalue weighted by atomic mass is 10.1. The summed E-state index contributed by atoms with van der Waals surface area (Å²) in [6.07, 6.45) is 0. The highest BCUT2D eigenvalue weighted by molar-refractivity contribution is 5.94. The van der Waals surface area contributed by atoms with Gasteiger partial charge < -0.3 is 15.5 Å². The Kier molecular flexibility index (Phi) is 6.71. The van der Waals surface area contributed by atoms with E-state index in [4.69, 9.17) is 0 Å². The van der Waals surface area contributed by atoms with Crippen LogP contribution in [0, 0.1) is 0 Å². The first kappa shape index (κ1) is 18.7. The molecule has 0 spiro atoms. The molecule has 0 saturated carbocycles. The zero-order valence-electron chi connectivity index (χ0n) is 15.0. The fourth-order valence-corrected chi connectivity index (χ4v) is 2.53. The first-order valence-corrected chi connectivity index (χ1v) is 8.29. The van der Waals surface area contributed by atoms with Crippen LogP contribution in [0.15, 0.2) is 54.6 Å². The topological polar surface area (TPSA) is 61.4 Å². The zero-order valence-corrected chi connectivity index (χ0v) is 15.0. The molecule has 2 amide bonds. The number of nitrogens with one attached hydrogen (secondary N) is 2. The second kappa shape index (κ2) is 8.99. The standard InChI is InChI=1S/C20H25N3O2/c1-15(24)21-13-16-9-11-18(12-10-16)20(25)22-19(14-23(2)3)17-7-5-4-6-8-17/h4-12,19H,13-14H2,1-3H3,(H,21,24)(H,22,25)/t19-/m1/s1. The van der Waals surface area contributed by atoms with Gasteiger partial charge in [0.25, 0.3) is 5.91 Å². The van der Waals surface area contributed by atoms with Crippen LogP contribution in [0.1, 0.15) is 34.5 Å². The Morgan fingerprint density at radius 3 is 2.20 bits per heavy atom. The number of likely N-dealkylation sites (N-methyl/N-ethyl adjacent to an activating group) is 1. The molecule has 25 heavy (non-hydrogen) atoms. The fourth-order valence-electron chi connectivity index (χ4n) is 2.53. The van der Waals surface area contributed by atoms with Crippen LogP contribution in [-0.2, 0) is 11.3 Å². The Morgan fingerprint density at radius 1 is 1.00 bits per heavy atom. The summed E-state index contributed by atoms with van der Waals surface area (Å²) >= 11 is 0. The lowest BCUT2D eigenvalue weighted by Crippen LogP contribution is -2.35. The Bertz CT molecular complexity index is 697. The maximum atomic E-state index is 12.6. The summed E-state index contributed by atoms with van der Waals surface area (Å²) < 4.78 is 0. The average Bonchev–Trinajstić information content (AvgIpc) is 2.60. The Labute approximate surface area is 149 Å².